The van der Waals surface area contributed by atoms with Crippen LogP contribution < -0.4 is 11.5 Å². The van der Waals surface area contributed by atoms with Gasteiger partial charge in [0.15, 0.2) is 11.6 Å². The predicted octanol–water partition coefficient (Wildman–Crippen LogP) is 3.69. The maximum Gasteiger partial charge on any atom is 0.222 e. The molecule has 1 fully saturated rings. The van der Waals surface area contributed by atoms with Crippen LogP contribution in [0.3, 0.4) is 0 Å². The van der Waals surface area contributed by atoms with E-state index in [1.165, 1.54) is 25.0 Å². The molecule has 0 amide bonds. The molecule has 1 aliphatic rings. The number of nitrogens with zero attached hydrogens (tertiary/aromatic N) is 4. The number of aromatic nitrogens is 3. The number of hydrogen-bond donors (Lipinski definition) is 3. The fourth-order valence-corrected chi connectivity index (χ4v) is 3.04. The van der Waals surface area contributed by atoms with Gasteiger partial charge in [-0.3, -0.25) is 4.98 Å². The molecule has 0 aliphatic heterocycles. The number of benzene rings is 1. The van der Waals surface area contributed by atoms with Gasteiger partial charge < -0.3 is 16.6 Å². The highest BCUT2D eigenvalue weighted by Gasteiger charge is 2.22. The quantitative estimate of drug-likeness (QED) is 0.444. The summed E-state index contributed by atoms with van der Waals surface area (Å²) < 4.78 is 26.4. The Kier molecular flexibility index (Phi) is 6.21. The molecule has 2 aromatic heterocycles. The van der Waals surface area contributed by atoms with E-state index in [4.69, 9.17) is 11.5 Å². The Hall–Kier alpha value is -3.20. The molecular formula is C21H24F2N6O. The molecule has 2 heterocycles. The molecule has 158 valence electrons. The van der Waals surface area contributed by atoms with Crippen molar-refractivity contribution in [1.29, 1.82) is 0 Å². The van der Waals surface area contributed by atoms with E-state index < -0.39 is 17.2 Å². The number of rotatable bonds is 3. The van der Waals surface area contributed by atoms with Crippen LogP contribution in [-0.4, -0.2) is 26.4 Å². The zero-order chi connectivity index (χ0) is 21.9. The third kappa shape index (κ3) is 4.85. The van der Waals surface area contributed by atoms with Crippen molar-refractivity contribution in [2.75, 3.05) is 5.73 Å². The van der Waals surface area contributed by atoms with Crippen LogP contribution in [0.1, 0.15) is 50.3 Å². The molecule has 1 aromatic carbocycles. The van der Waals surface area contributed by atoms with E-state index in [1.807, 2.05) is 6.07 Å². The summed E-state index contributed by atoms with van der Waals surface area (Å²) in [5.41, 5.74) is 11.7. The molecule has 7 nitrogen and oxygen atoms in total. The number of hydrogen-bond acceptors (Lipinski definition) is 6. The summed E-state index contributed by atoms with van der Waals surface area (Å²) in [7, 11) is 0. The van der Waals surface area contributed by atoms with Gasteiger partial charge in [0.25, 0.3) is 0 Å². The van der Waals surface area contributed by atoms with Crippen LogP contribution in [0.15, 0.2) is 35.5 Å². The average Bonchev–Trinajstić information content (AvgIpc) is 2.62. The van der Waals surface area contributed by atoms with Crippen LogP contribution >= 0.6 is 0 Å². The van der Waals surface area contributed by atoms with Crippen molar-refractivity contribution >= 4 is 29.0 Å². The first-order valence-electron chi connectivity index (χ1n) is 9.54. The van der Waals surface area contributed by atoms with Gasteiger partial charge in [-0.15, -0.1) is 0 Å². The lowest BCUT2D eigenvalue weighted by Gasteiger charge is -2.25. The SMILES string of the molecule is CC(C)(O)c1ccc(C2CCC2)nc1.NC=Nc1nc(N)nc2c(F)cc(F)cc12. The van der Waals surface area contributed by atoms with E-state index in [0.29, 0.717) is 12.0 Å². The van der Waals surface area contributed by atoms with E-state index >= 15 is 0 Å². The fourth-order valence-electron chi connectivity index (χ4n) is 3.04. The van der Waals surface area contributed by atoms with Gasteiger partial charge >= 0.3 is 0 Å². The van der Waals surface area contributed by atoms with Crippen LogP contribution in [0.25, 0.3) is 10.9 Å². The number of aliphatic imine (C=N–C) groups is 1. The molecule has 0 spiro atoms. The topological polar surface area (TPSA) is 123 Å². The second-order valence-corrected chi connectivity index (χ2v) is 7.63. The number of pyridine rings is 1. The van der Waals surface area contributed by atoms with E-state index in [9.17, 15) is 13.9 Å². The van der Waals surface area contributed by atoms with Crippen molar-refractivity contribution in [2.24, 2.45) is 10.7 Å². The predicted molar refractivity (Wildman–Crippen MR) is 112 cm³/mol. The zero-order valence-corrected chi connectivity index (χ0v) is 16.8. The van der Waals surface area contributed by atoms with Gasteiger partial charge in [0, 0.05) is 29.4 Å². The van der Waals surface area contributed by atoms with Gasteiger partial charge in [0.1, 0.15) is 11.3 Å². The lowest BCUT2D eigenvalue weighted by atomic mass is 9.82. The van der Waals surface area contributed by atoms with Crippen LogP contribution in [0.2, 0.25) is 0 Å². The van der Waals surface area contributed by atoms with Gasteiger partial charge in [0.05, 0.1) is 17.3 Å². The molecule has 0 unspecified atom stereocenters. The van der Waals surface area contributed by atoms with Crippen molar-refractivity contribution in [3.05, 3.63) is 53.4 Å². The molecule has 9 heteroatoms. The molecule has 0 saturated heterocycles. The highest BCUT2D eigenvalue weighted by Crippen LogP contribution is 2.35. The standard InChI is InChI=1S/C12H17NO.C9H7F2N5/c1-12(2,14)10-6-7-11(13-8-10)9-4-3-5-9;10-4-1-5-7(6(11)2-4)15-9(13)16-8(5)14-3-12/h6-9,14H,3-5H2,1-2H3;1-3H,(H4,12,13,14,15,16). The summed E-state index contributed by atoms with van der Waals surface area (Å²) in [6.07, 6.45) is 6.64. The van der Waals surface area contributed by atoms with Crippen molar-refractivity contribution in [1.82, 2.24) is 15.0 Å². The van der Waals surface area contributed by atoms with Crippen LogP contribution in [-0.2, 0) is 5.60 Å². The molecule has 0 bridgehead atoms. The average molecular weight is 414 g/mol. The molecule has 0 radical (unpaired) electrons. The van der Waals surface area contributed by atoms with Crippen LogP contribution in [0.5, 0.6) is 0 Å². The number of halogens is 2. The molecule has 1 saturated carbocycles. The molecule has 3 aromatic rings. The Bertz CT molecular complexity index is 1060. The Labute approximate surface area is 172 Å². The minimum atomic E-state index is -0.822. The molecule has 4 rings (SSSR count). The Morgan fingerprint density at radius 2 is 1.93 bits per heavy atom. The van der Waals surface area contributed by atoms with Crippen molar-refractivity contribution in [2.45, 2.75) is 44.6 Å². The normalized spacial score (nSPS) is 14.4. The first-order chi connectivity index (χ1) is 14.2. The van der Waals surface area contributed by atoms with Gasteiger partial charge in [-0.1, -0.05) is 12.5 Å². The van der Waals surface area contributed by atoms with Gasteiger partial charge in [0.2, 0.25) is 5.95 Å². The van der Waals surface area contributed by atoms with E-state index in [1.54, 1.807) is 20.0 Å². The Balaban J connectivity index is 0.000000172. The summed E-state index contributed by atoms with van der Waals surface area (Å²) >= 11 is 0. The first kappa shape index (κ1) is 21.5. The van der Waals surface area contributed by atoms with Gasteiger partial charge in [-0.25, -0.2) is 18.8 Å². The number of anilines is 1. The number of aliphatic hydroxyl groups is 1. The Morgan fingerprint density at radius 1 is 1.20 bits per heavy atom. The minimum absolute atomic E-state index is 0.0309. The molecular weight excluding hydrogens is 390 g/mol. The van der Waals surface area contributed by atoms with E-state index in [0.717, 1.165) is 18.0 Å². The number of fused-ring (bicyclic) bond motifs is 1. The first-order valence-corrected chi connectivity index (χ1v) is 9.54. The van der Waals surface area contributed by atoms with Crippen LogP contribution in [0.4, 0.5) is 20.5 Å². The molecule has 30 heavy (non-hydrogen) atoms. The summed E-state index contributed by atoms with van der Waals surface area (Å²) in [6.45, 7) is 3.57. The summed E-state index contributed by atoms with van der Waals surface area (Å²) in [5, 5.41) is 9.87. The second kappa shape index (κ2) is 8.66. The smallest absolute Gasteiger partial charge is 0.222 e. The van der Waals surface area contributed by atoms with E-state index in [-0.39, 0.29) is 22.7 Å². The zero-order valence-electron chi connectivity index (χ0n) is 16.8. The van der Waals surface area contributed by atoms with Crippen LogP contribution in [0, 0.1) is 11.6 Å². The molecule has 0 atom stereocenters. The third-order valence-corrected chi connectivity index (χ3v) is 4.93. The largest absolute Gasteiger partial charge is 0.390 e. The van der Waals surface area contributed by atoms with Gasteiger partial charge in [-0.2, -0.15) is 4.98 Å². The van der Waals surface area contributed by atoms with E-state index in [2.05, 4.69) is 26.0 Å². The summed E-state index contributed by atoms with van der Waals surface area (Å²) in [6, 6.07) is 5.82. The molecule has 1 aliphatic carbocycles. The Morgan fingerprint density at radius 3 is 2.47 bits per heavy atom. The highest BCUT2D eigenvalue weighted by atomic mass is 19.1. The monoisotopic (exact) mass is 414 g/mol. The highest BCUT2D eigenvalue weighted by molar-refractivity contribution is 5.90. The number of nitrogens with two attached hydrogens (primary N) is 2. The lowest BCUT2D eigenvalue weighted by molar-refractivity contribution is 0.0781. The van der Waals surface area contributed by atoms with Crippen molar-refractivity contribution < 1.29 is 13.9 Å². The van der Waals surface area contributed by atoms with Gasteiger partial charge in [-0.05, 0) is 38.8 Å². The van der Waals surface area contributed by atoms with Crippen molar-refractivity contribution in [3.8, 4) is 0 Å². The summed E-state index contributed by atoms with van der Waals surface area (Å²) in [5.74, 6) is -1.02. The van der Waals surface area contributed by atoms with Crippen molar-refractivity contribution in [3.63, 3.8) is 0 Å². The second-order valence-electron chi connectivity index (χ2n) is 7.63. The molecule has 5 N–H and O–H groups in total. The maximum absolute atomic E-state index is 13.4. The summed E-state index contributed by atoms with van der Waals surface area (Å²) in [4.78, 5) is 15.5. The third-order valence-electron chi connectivity index (χ3n) is 4.93. The fraction of sp³-hybridized carbons (Fsp3) is 0.333. The maximum atomic E-state index is 13.4. The lowest BCUT2D eigenvalue weighted by Crippen LogP contribution is -2.17. The minimum Gasteiger partial charge on any atom is -0.390 e. The number of nitrogen functional groups attached to an aromatic ring is 1.